The monoisotopic (exact) mass is 512 g/mol. The average Bonchev–Trinajstić information content (AvgIpc) is 3.23. The van der Waals surface area contributed by atoms with Crippen LogP contribution < -0.4 is 9.80 Å². The van der Waals surface area contributed by atoms with E-state index < -0.39 is 37.4 Å². The van der Waals surface area contributed by atoms with E-state index in [0.29, 0.717) is 20.7 Å². The second kappa shape index (κ2) is 7.64. The summed E-state index contributed by atoms with van der Waals surface area (Å²) in [5, 5.41) is 2.96. The fourth-order valence-electron chi connectivity index (χ4n) is 2.95. The normalized spacial score (nSPS) is 20.4. The molecule has 0 amide bonds. The number of hydrogen-bond donors (Lipinski definition) is 2. The molecule has 1 unspecified atom stereocenters. The van der Waals surface area contributed by atoms with Crippen molar-refractivity contribution in [3.8, 4) is 0 Å². The number of fused-ring (bicyclic) bond motifs is 2. The van der Waals surface area contributed by atoms with Gasteiger partial charge < -0.3 is 9.80 Å². The minimum absolute atomic E-state index is 0.413. The van der Waals surface area contributed by atoms with Gasteiger partial charge in [-0.05, 0) is 35.7 Å². The summed E-state index contributed by atoms with van der Waals surface area (Å²) in [6.45, 7) is 0. The molecule has 0 saturated heterocycles. The molecule has 0 bridgehead atoms. The van der Waals surface area contributed by atoms with Crippen molar-refractivity contribution in [1.82, 2.24) is 0 Å². The Balaban J connectivity index is 1.73. The van der Waals surface area contributed by atoms with Gasteiger partial charge in [0.25, 0.3) is 20.2 Å². The van der Waals surface area contributed by atoms with Crippen molar-refractivity contribution in [3.63, 3.8) is 0 Å². The first-order valence-electron chi connectivity index (χ1n) is 7.88. The van der Waals surface area contributed by atoms with E-state index in [1.807, 2.05) is 11.4 Å². The summed E-state index contributed by atoms with van der Waals surface area (Å²) in [5.74, 6) is -1.26. The van der Waals surface area contributed by atoms with Crippen LogP contribution in [0, 0.1) is 0 Å². The third-order valence-electron chi connectivity index (χ3n) is 4.00. The first kappa shape index (κ1) is 21.3. The van der Waals surface area contributed by atoms with Gasteiger partial charge in [0.05, 0.1) is 10.7 Å². The van der Waals surface area contributed by atoms with Crippen LogP contribution in [-0.4, -0.2) is 43.1 Å². The number of halogens is 1. The highest BCUT2D eigenvalue weighted by atomic mass is 35.5. The van der Waals surface area contributed by atoms with E-state index in [1.165, 1.54) is 44.7 Å². The molecular formula is C15H13ClN2O6S5. The van der Waals surface area contributed by atoms with Gasteiger partial charge in [0.2, 0.25) is 0 Å². The van der Waals surface area contributed by atoms with Gasteiger partial charge in [-0.2, -0.15) is 16.8 Å². The maximum Gasteiger partial charge on any atom is 0.283 e. The largest absolute Gasteiger partial charge is 0.330 e. The molecule has 1 aromatic carbocycles. The van der Waals surface area contributed by atoms with Crippen molar-refractivity contribution in [2.24, 2.45) is 0 Å². The molecule has 2 aliphatic rings. The van der Waals surface area contributed by atoms with Crippen LogP contribution in [0.1, 0.15) is 0 Å². The summed E-state index contributed by atoms with van der Waals surface area (Å²) in [6, 6.07) is 6.88. The Bertz CT molecular complexity index is 1210. The molecule has 2 N–H and O–H groups in total. The molecule has 0 radical (unpaired) electrons. The number of hydrogen-bond acceptors (Lipinski definition) is 9. The van der Waals surface area contributed by atoms with E-state index in [0.717, 1.165) is 9.79 Å². The van der Waals surface area contributed by atoms with Gasteiger partial charge in [0.15, 0.2) is 5.88 Å². The highest BCUT2D eigenvalue weighted by Crippen LogP contribution is 2.51. The molecule has 3 heterocycles. The topological polar surface area (TPSA) is 115 Å². The predicted octanol–water partition coefficient (Wildman–Crippen LogP) is 3.78. The van der Waals surface area contributed by atoms with E-state index >= 15 is 0 Å². The Morgan fingerprint density at radius 2 is 1.79 bits per heavy atom. The third kappa shape index (κ3) is 4.71. The summed E-state index contributed by atoms with van der Waals surface area (Å²) < 4.78 is 64.9. The molecule has 1 atom stereocenters. The maximum atomic E-state index is 11.6. The van der Waals surface area contributed by atoms with E-state index in [-0.39, 0.29) is 0 Å². The van der Waals surface area contributed by atoms with Gasteiger partial charge in [-0.25, -0.2) is 0 Å². The van der Waals surface area contributed by atoms with Gasteiger partial charge in [-0.1, -0.05) is 35.1 Å². The van der Waals surface area contributed by atoms with Gasteiger partial charge in [0.1, 0.15) is 16.3 Å². The Morgan fingerprint density at radius 3 is 2.48 bits per heavy atom. The molecule has 14 heteroatoms. The van der Waals surface area contributed by atoms with Crippen molar-refractivity contribution >= 4 is 77.4 Å². The summed E-state index contributed by atoms with van der Waals surface area (Å²) in [6.07, 6.45) is 1.71. The lowest BCUT2D eigenvalue weighted by Gasteiger charge is -2.24. The lowest BCUT2D eigenvalue weighted by atomic mass is 10.3. The number of thiophene rings is 1. The zero-order chi connectivity index (χ0) is 21.0. The van der Waals surface area contributed by atoms with Crippen molar-refractivity contribution in [2.45, 2.75) is 15.2 Å². The van der Waals surface area contributed by atoms with E-state index in [9.17, 15) is 25.9 Å². The molecule has 0 spiro atoms. The highest BCUT2D eigenvalue weighted by Gasteiger charge is 2.36. The molecule has 0 aliphatic carbocycles. The second-order valence-electron chi connectivity index (χ2n) is 6.14. The lowest BCUT2D eigenvalue weighted by Crippen LogP contribution is -2.34. The number of thioether (sulfide) groups is 2. The highest BCUT2D eigenvalue weighted by molar-refractivity contribution is 8.04. The standard InChI is InChI=1S/C15H13ClN2O6S5/c16-9-1-2-11-10(5-9)17(7-28(19,20)21)13(26-11)6-14-18(8-29(22,23)24)15-12(27-14)3-4-25-15/h1-6,14H,7-8H2,(H,19,20,21)(H,22,23,24). The van der Waals surface area contributed by atoms with Crippen LogP contribution in [0.5, 0.6) is 0 Å². The van der Waals surface area contributed by atoms with Crippen LogP contribution in [0.3, 0.4) is 0 Å². The summed E-state index contributed by atoms with van der Waals surface area (Å²) in [5.41, 5.74) is 0.533. The van der Waals surface area contributed by atoms with E-state index in [1.54, 1.807) is 24.3 Å². The van der Waals surface area contributed by atoms with Gasteiger partial charge in [-0.3, -0.25) is 9.11 Å². The van der Waals surface area contributed by atoms with Gasteiger partial charge in [0, 0.05) is 14.8 Å². The molecular weight excluding hydrogens is 500 g/mol. The Kier molecular flexibility index (Phi) is 5.61. The number of nitrogens with zero attached hydrogens (tertiary/aromatic N) is 2. The van der Waals surface area contributed by atoms with Crippen molar-refractivity contribution in [3.05, 3.63) is 45.8 Å². The van der Waals surface area contributed by atoms with E-state index in [2.05, 4.69) is 0 Å². The van der Waals surface area contributed by atoms with E-state index in [4.69, 9.17) is 11.6 Å². The smallest absolute Gasteiger partial charge is 0.283 e. The molecule has 4 rings (SSSR count). The Morgan fingerprint density at radius 1 is 1.07 bits per heavy atom. The van der Waals surface area contributed by atoms with Crippen LogP contribution in [0.4, 0.5) is 10.7 Å². The number of rotatable bonds is 5. The summed E-state index contributed by atoms with van der Waals surface area (Å²) in [4.78, 5) is 4.57. The molecule has 2 aromatic rings. The second-order valence-corrected chi connectivity index (χ2v) is 12.5. The first-order chi connectivity index (χ1) is 13.5. The third-order valence-corrected chi connectivity index (χ3v) is 8.85. The number of benzene rings is 1. The fraction of sp³-hybridized carbons (Fsp3) is 0.200. The molecule has 2 aliphatic heterocycles. The van der Waals surface area contributed by atoms with Crippen LogP contribution in [0.25, 0.3) is 0 Å². The molecule has 0 fully saturated rings. The Labute approximate surface area is 185 Å². The molecule has 1 aromatic heterocycles. The molecule has 29 heavy (non-hydrogen) atoms. The minimum Gasteiger partial charge on any atom is -0.330 e. The summed E-state index contributed by atoms with van der Waals surface area (Å²) in [7, 11) is -8.62. The van der Waals surface area contributed by atoms with Crippen LogP contribution >= 0.6 is 46.5 Å². The quantitative estimate of drug-likeness (QED) is 0.573. The average molecular weight is 513 g/mol. The zero-order valence-electron chi connectivity index (χ0n) is 14.3. The van der Waals surface area contributed by atoms with Crippen molar-refractivity contribution < 1.29 is 25.9 Å². The fourth-order valence-corrected chi connectivity index (χ4v) is 8.21. The van der Waals surface area contributed by atoms with Gasteiger partial charge >= 0.3 is 0 Å². The lowest BCUT2D eigenvalue weighted by molar-refractivity contribution is 0.480. The van der Waals surface area contributed by atoms with Crippen LogP contribution in [0.15, 0.2) is 50.5 Å². The molecule has 8 nitrogen and oxygen atoms in total. The number of anilines is 2. The predicted molar refractivity (Wildman–Crippen MR) is 117 cm³/mol. The van der Waals surface area contributed by atoms with Gasteiger partial charge in [-0.15, -0.1) is 11.3 Å². The summed E-state index contributed by atoms with van der Waals surface area (Å²) >= 11 is 10.1. The van der Waals surface area contributed by atoms with Crippen molar-refractivity contribution in [2.75, 3.05) is 21.6 Å². The Hall–Kier alpha value is -0.930. The van der Waals surface area contributed by atoms with Crippen molar-refractivity contribution in [1.29, 1.82) is 0 Å². The molecule has 0 saturated carbocycles. The SMILES string of the molecule is O=S(=O)(O)CN1C(=CC2Sc3ccsc3N2CS(=O)(=O)O)Sc2ccc(Cl)cc21. The first-order valence-corrected chi connectivity index (χ1v) is 14.1. The van der Waals surface area contributed by atoms with Crippen LogP contribution in [0.2, 0.25) is 5.02 Å². The molecule has 156 valence electrons. The minimum atomic E-state index is -4.34. The van der Waals surface area contributed by atoms with Crippen LogP contribution in [-0.2, 0) is 20.2 Å². The zero-order valence-corrected chi connectivity index (χ0v) is 19.1. The maximum absolute atomic E-state index is 11.6.